The molecule has 126 valence electrons. The number of hydrogen-bond donors (Lipinski definition) is 0. The topological polar surface area (TPSA) is 38.8 Å². The van der Waals surface area contributed by atoms with Crippen LogP contribution in [0.5, 0.6) is 5.75 Å². The second-order valence-corrected chi connectivity index (χ2v) is 6.83. The molecule has 4 nitrogen and oxygen atoms in total. The van der Waals surface area contributed by atoms with Crippen LogP contribution < -0.4 is 4.74 Å². The second kappa shape index (κ2) is 6.52. The van der Waals surface area contributed by atoms with Gasteiger partial charge in [-0.1, -0.05) is 26.0 Å². The molecular weight excluding hydrogens is 290 g/mol. The number of methoxy groups -OCH3 is 1. The fourth-order valence-corrected chi connectivity index (χ4v) is 4.01. The van der Waals surface area contributed by atoms with E-state index in [-0.39, 0.29) is 11.8 Å². The number of hydrogen-bond acceptors (Lipinski definition) is 3. The Balaban J connectivity index is 2.07. The lowest BCUT2D eigenvalue weighted by Gasteiger charge is -2.41. The maximum absolute atomic E-state index is 13.5. The van der Waals surface area contributed by atoms with E-state index in [9.17, 15) is 4.79 Å². The molecule has 0 bridgehead atoms. The summed E-state index contributed by atoms with van der Waals surface area (Å²) in [6, 6.07) is 6.00. The van der Waals surface area contributed by atoms with E-state index in [1.165, 1.54) is 6.42 Å². The van der Waals surface area contributed by atoms with Gasteiger partial charge in [-0.15, -0.1) is 0 Å². The van der Waals surface area contributed by atoms with Crippen molar-refractivity contribution >= 4 is 5.91 Å². The van der Waals surface area contributed by atoms with Crippen molar-refractivity contribution in [2.75, 3.05) is 26.8 Å². The molecule has 0 radical (unpaired) electrons. The zero-order chi connectivity index (χ0) is 16.4. The van der Waals surface area contributed by atoms with Crippen molar-refractivity contribution in [3.8, 4) is 5.75 Å². The van der Waals surface area contributed by atoms with Crippen LogP contribution in [0.3, 0.4) is 0 Å². The largest absolute Gasteiger partial charge is 0.493 e. The van der Waals surface area contributed by atoms with E-state index in [1.54, 1.807) is 7.11 Å². The van der Waals surface area contributed by atoms with Crippen LogP contribution in [0.1, 0.15) is 44.2 Å². The SMILES string of the molecule is COC(C(=O)N1CCCCC1)(c1cccc2c1CCO2)C(C)C. The van der Waals surface area contributed by atoms with Crippen LogP contribution in [-0.2, 0) is 21.6 Å². The number of carbonyl (C=O) groups excluding carboxylic acids is 1. The Morgan fingerprint density at radius 2 is 2.00 bits per heavy atom. The van der Waals surface area contributed by atoms with E-state index >= 15 is 0 Å². The highest BCUT2D eigenvalue weighted by atomic mass is 16.5. The molecule has 1 unspecified atom stereocenters. The first-order valence-corrected chi connectivity index (χ1v) is 8.71. The number of carbonyl (C=O) groups is 1. The van der Waals surface area contributed by atoms with Gasteiger partial charge in [0.05, 0.1) is 6.61 Å². The predicted octanol–water partition coefficient (Wildman–Crippen LogP) is 3.13. The average Bonchev–Trinajstić information content (AvgIpc) is 3.05. The summed E-state index contributed by atoms with van der Waals surface area (Å²) >= 11 is 0. The van der Waals surface area contributed by atoms with Gasteiger partial charge < -0.3 is 14.4 Å². The minimum Gasteiger partial charge on any atom is -0.493 e. The summed E-state index contributed by atoms with van der Waals surface area (Å²) in [5.74, 6) is 1.06. The van der Waals surface area contributed by atoms with Gasteiger partial charge in [0.2, 0.25) is 0 Å². The molecule has 0 N–H and O–H groups in total. The summed E-state index contributed by atoms with van der Waals surface area (Å²) in [4.78, 5) is 15.4. The van der Waals surface area contributed by atoms with Crippen molar-refractivity contribution in [1.29, 1.82) is 0 Å². The van der Waals surface area contributed by atoms with E-state index in [0.29, 0.717) is 6.61 Å². The first-order valence-electron chi connectivity index (χ1n) is 8.71. The molecule has 1 aromatic carbocycles. The van der Waals surface area contributed by atoms with Crippen molar-refractivity contribution in [3.63, 3.8) is 0 Å². The summed E-state index contributed by atoms with van der Waals surface area (Å²) in [5, 5.41) is 0. The Morgan fingerprint density at radius 1 is 1.26 bits per heavy atom. The van der Waals surface area contributed by atoms with Crippen LogP contribution in [-0.4, -0.2) is 37.6 Å². The molecule has 4 heteroatoms. The molecule has 1 atom stereocenters. The minimum absolute atomic E-state index is 0.0500. The van der Waals surface area contributed by atoms with Crippen LogP contribution in [0.2, 0.25) is 0 Å². The molecule has 2 heterocycles. The molecule has 3 rings (SSSR count). The maximum atomic E-state index is 13.5. The second-order valence-electron chi connectivity index (χ2n) is 6.83. The molecule has 1 saturated heterocycles. The first kappa shape index (κ1) is 16.3. The van der Waals surface area contributed by atoms with Crippen molar-refractivity contribution in [2.24, 2.45) is 5.92 Å². The van der Waals surface area contributed by atoms with Gasteiger partial charge in [-0.25, -0.2) is 0 Å². The van der Waals surface area contributed by atoms with E-state index < -0.39 is 5.60 Å². The fraction of sp³-hybridized carbons (Fsp3) is 0.632. The minimum atomic E-state index is -0.920. The quantitative estimate of drug-likeness (QED) is 0.856. The molecule has 1 aromatic rings. The number of rotatable bonds is 4. The summed E-state index contributed by atoms with van der Waals surface area (Å²) in [7, 11) is 1.66. The van der Waals surface area contributed by atoms with E-state index in [2.05, 4.69) is 13.8 Å². The van der Waals surface area contributed by atoms with Crippen LogP contribution in [0.4, 0.5) is 0 Å². The van der Waals surface area contributed by atoms with Crippen LogP contribution in [0.15, 0.2) is 18.2 Å². The van der Waals surface area contributed by atoms with Crippen molar-refractivity contribution < 1.29 is 14.3 Å². The highest BCUT2D eigenvalue weighted by molar-refractivity contribution is 5.88. The normalized spacial score (nSPS) is 20.1. The van der Waals surface area contributed by atoms with Gasteiger partial charge in [0.1, 0.15) is 5.75 Å². The lowest BCUT2D eigenvalue weighted by Crippen LogP contribution is -2.53. The van der Waals surface area contributed by atoms with E-state index in [1.807, 2.05) is 23.1 Å². The Morgan fingerprint density at radius 3 is 2.65 bits per heavy atom. The van der Waals surface area contributed by atoms with Crippen LogP contribution >= 0.6 is 0 Å². The van der Waals surface area contributed by atoms with Gasteiger partial charge >= 0.3 is 0 Å². The number of piperidine rings is 1. The number of amides is 1. The maximum Gasteiger partial charge on any atom is 0.259 e. The zero-order valence-corrected chi connectivity index (χ0v) is 14.4. The van der Waals surface area contributed by atoms with Gasteiger partial charge in [-0.3, -0.25) is 4.79 Å². The summed E-state index contributed by atoms with van der Waals surface area (Å²) in [6.45, 7) is 6.49. The predicted molar refractivity (Wildman–Crippen MR) is 89.6 cm³/mol. The van der Waals surface area contributed by atoms with Crippen molar-refractivity contribution in [3.05, 3.63) is 29.3 Å². The molecule has 1 amide bonds. The Hall–Kier alpha value is -1.55. The lowest BCUT2D eigenvalue weighted by atomic mass is 9.78. The molecule has 2 aliphatic heterocycles. The Labute approximate surface area is 138 Å². The first-order chi connectivity index (χ1) is 11.1. The van der Waals surface area contributed by atoms with Gasteiger partial charge in [0.15, 0.2) is 5.60 Å². The number of nitrogens with zero attached hydrogens (tertiary/aromatic N) is 1. The van der Waals surface area contributed by atoms with Gasteiger partial charge in [0.25, 0.3) is 5.91 Å². The molecule has 2 aliphatic rings. The average molecular weight is 317 g/mol. The molecule has 1 fully saturated rings. The van der Waals surface area contributed by atoms with E-state index in [4.69, 9.17) is 9.47 Å². The number of likely N-dealkylation sites (tertiary alicyclic amines) is 1. The van der Waals surface area contributed by atoms with Gasteiger partial charge in [-0.05, 0) is 31.2 Å². The number of ether oxygens (including phenoxy) is 2. The smallest absolute Gasteiger partial charge is 0.259 e. The summed E-state index contributed by atoms with van der Waals surface area (Å²) in [5.41, 5.74) is 1.20. The van der Waals surface area contributed by atoms with Gasteiger partial charge in [-0.2, -0.15) is 0 Å². The molecule has 23 heavy (non-hydrogen) atoms. The Bertz CT molecular complexity index is 578. The third kappa shape index (κ3) is 2.63. The van der Waals surface area contributed by atoms with Crippen LogP contribution in [0, 0.1) is 5.92 Å². The van der Waals surface area contributed by atoms with Crippen LogP contribution in [0.25, 0.3) is 0 Å². The zero-order valence-electron chi connectivity index (χ0n) is 14.4. The summed E-state index contributed by atoms with van der Waals surface area (Å²) in [6.07, 6.45) is 4.22. The molecular formula is C19H27NO3. The molecule has 0 spiro atoms. The Kier molecular flexibility index (Phi) is 4.62. The fourth-order valence-electron chi connectivity index (χ4n) is 4.01. The third-order valence-electron chi connectivity index (χ3n) is 5.24. The van der Waals surface area contributed by atoms with Crippen molar-refractivity contribution in [1.82, 2.24) is 4.90 Å². The third-order valence-corrected chi connectivity index (χ3v) is 5.24. The van der Waals surface area contributed by atoms with Gasteiger partial charge in [0, 0.05) is 37.7 Å². The highest BCUT2D eigenvalue weighted by Crippen LogP contribution is 2.42. The van der Waals surface area contributed by atoms with Crippen molar-refractivity contribution in [2.45, 2.75) is 45.1 Å². The molecule has 0 aliphatic carbocycles. The van der Waals surface area contributed by atoms with E-state index in [0.717, 1.165) is 49.2 Å². The number of fused-ring (bicyclic) bond motifs is 1. The monoisotopic (exact) mass is 317 g/mol. The summed E-state index contributed by atoms with van der Waals surface area (Å²) < 4.78 is 11.7. The highest BCUT2D eigenvalue weighted by Gasteiger charge is 2.48. The number of benzene rings is 1. The molecule has 0 saturated carbocycles. The standard InChI is InChI=1S/C19H27NO3/c1-14(2)19(22-3,18(21)20-11-5-4-6-12-20)16-8-7-9-17-15(16)10-13-23-17/h7-9,14H,4-6,10-13H2,1-3H3. The molecule has 0 aromatic heterocycles. The lowest BCUT2D eigenvalue weighted by molar-refractivity contribution is -0.164.